The normalized spacial score (nSPS) is 14.0. The van der Waals surface area contributed by atoms with Gasteiger partial charge in [-0.2, -0.15) is 0 Å². The van der Waals surface area contributed by atoms with Crippen LogP contribution in [0.2, 0.25) is 0 Å². The summed E-state index contributed by atoms with van der Waals surface area (Å²) >= 11 is 1.64. The van der Waals surface area contributed by atoms with E-state index in [4.69, 9.17) is 9.47 Å². The van der Waals surface area contributed by atoms with Gasteiger partial charge in [0, 0.05) is 9.75 Å². The Hall–Kier alpha value is -2.01. The fourth-order valence-electron chi connectivity index (χ4n) is 2.40. The summed E-state index contributed by atoms with van der Waals surface area (Å²) in [5.74, 6) is 1.44. The van der Waals surface area contributed by atoms with E-state index < -0.39 is 0 Å². The maximum absolute atomic E-state index is 12.3. The van der Waals surface area contributed by atoms with Crippen molar-refractivity contribution in [1.29, 1.82) is 0 Å². The molecule has 21 heavy (non-hydrogen) atoms. The summed E-state index contributed by atoms with van der Waals surface area (Å²) in [6.45, 7) is 6.20. The fourth-order valence-corrected chi connectivity index (χ4v) is 3.32. The molecule has 0 aliphatic carbocycles. The van der Waals surface area contributed by atoms with Crippen molar-refractivity contribution in [2.24, 2.45) is 0 Å². The lowest BCUT2D eigenvalue weighted by Crippen LogP contribution is -2.26. The topological polar surface area (TPSA) is 47.6 Å². The minimum atomic E-state index is -0.0911. The summed E-state index contributed by atoms with van der Waals surface area (Å²) in [4.78, 5) is 14.5. The minimum Gasteiger partial charge on any atom is -0.454 e. The molecule has 1 aromatic carbocycles. The molecule has 2 heterocycles. The Kier molecular flexibility index (Phi) is 3.59. The Balaban J connectivity index is 1.75. The number of nitrogens with one attached hydrogen (secondary N) is 1. The first-order valence-electron chi connectivity index (χ1n) is 6.82. The monoisotopic (exact) mass is 303 g/mol. The maximum Gasteiger partial charge on any atom is 0.252 e. The van der Waals surface area contributed by atoms with E-state index in [1.807, 2.05) is 45.0 Å². The van der Waals surface area contributed by atoms with E-state index in [0.717, 1.165) is 32.4 Å². The van der Waals surface area contributed by atoms with Gasteiger partial charge >= 0.3 is 0 Å². The van der Waals surface area contributed by atoms with Crippen molar-refractivity contribution in [3.05, 3.63) is 45.1 Å². The number of fused-ring (bicyclic) bond motifs is 1. The Morgan fingerprint density at radius 2 is 2.00 bits per heavy atom. The molecule has 3 rings (SSSR count). The van der Waals surface area contributed by atoms with Crippen LogP contribution in [0.4, 0.5) is 0 Å². The molecule has 1 atom stereocenters. The largest absolute Gasteiger partial charge is 0.454 e. The number of carbonyl (C=O) groups is 1. The smallest absolute Gasteiger partial charge is 0.252 e. The Morgan fingerprint density at radius 1 is 1.24 bits per heavy atom. The van der Waals surface area contributed by atoms with Crippen molar-refractivity contribution in [3.8, 4) is 11.5 Å². The van der Waals surface area contributed by atoms with Crippen molar-refractivity contribution in [3.63, 3.8) is 0 Å². The second-order valence-corrected chi connectivity index (χ2v) is 6.60. The maximum atomic E-state index is 12.3. The summed E-state index contributed by atoms with van der Waals surface area (Å²) in [5.41, 5.74) is 1.75. The Bertz CT molecular complexity index is 693. The van der Waals surface area contributed by atoms with E-state index in [9.17, 15) is 4.79 Å². The van der Waals surface area contributed by atoms with Gasteiger partial charge in [-0.05, 0) is 44.5 Å². The number of hydrogen-bond acceptors (Lipinski definition) is 4. The lowest BCUT2D eigenvalue weighted by atomic mass is 10.1. The molecule has 0 bridgehead atoms. The molecule has 4 nitrogen and oxygen atoms in total. The van der Waals surface area contributed by atoms with E-state index in [0.29, 0.717) is 0 Å². The van der Waals surface area contributed by atoms with Crippen molar-refractivity contribution in [2.75, 3.05) is 6.79 Å². The first-order valence-corrected chi connectivity index (χ1v) is 7.63. The molecule has 0 saturated carbocycles. The standard InChI is InChI=1S/C16H17NO3S/c1-9-6-13(11(3)21-9)16(18)17-10(2)12-4-5-14-15(7-12)20-8-19-14/h4-7,10H,8H2,1-3H3,(H,17,18). The molecule has 1 aliphatic rings. The number of rotatable bonds is 3. The predicted molar refractivity (Wildman–Crippen MR) is 82.2 cm³/mol. The molecule has 0 radical (unpaired) electrons. The zero-order chi connectivity index (χ0) is 15.0. The van der Waals surface area contributed by atoms with Crippen LogP contribution in [-0.4, -0.2) is 12.7 Å². The molecule has 0 fully saturated rings. The van der Waals surface area contributed by atoms with Gasteiger partial charge in [-0.25, -0.2) is 0 Å². The summed E-state index contributed by atoms with van der Waals surface area (Å²) < 4.78 is 10.7. The molecule has 1 amide bonds. The van der Waals surface area contributed by atoms with E-state index in [2.05, 4.69) is 5.32 Å². The zero-order valence-electron chi connectivity index (χ0n) is 12.2. The molecule has 0 saturated heterocycles. The first kappa shape index (κ1) is 13.9. The number of ether oxygens (including phenoxy) is 2. The molecule has 5 heteroatoms. The van der Waals surface area contributed by atoms with Gasteiger partial charge in [-0.3, -0.25) is 4.79 Å². The van der Waals surface area contributed by atoms with Crippen LogP contribution in [0.5, 0.6) is 11.5 Å². The van der Waals surface area contributed by atoms with Gasteiger partial charge in [0.05, 0.1) is 11.6 Å². The zero-order valence-corrected chi connectivity index (χ0v) is 13.0. The van der Waals surface area contributed by atoms with E-state index in [1.54, 1.807) is 11.3 Å². The van der Waals surface area contributed by atoms with Crippen LogP contribution in [0.25, 0.3) is 0 Å². The molecular weight excluding hydrogens is 286 g/mol. The van der Waals surface area contributed by atoms with Gasteiger partial charge in [0.1, 0.15) is 0 Å². The van der Waals surface area contributed by atoms with Gasteiger partial charge in [0.2, 0.25) is 6.79 Å². The SMILES string of the molecule is Cc1cc(C(=O)NC(C)c2ccc3c(c2)OCO3)c(C)s1. The summed E-state index contributed by atoms with van der Waals surface area (Å²) in [7, 11) is 0. The minimum absolute atomic E-state index is 0.0398. The molecule has 0 spiro atoms. The molecule has 1 aromatic heterocycles. The highest BCUT2D eigenvalue weighted by Crippen LogP contribution is 2.34. The average molecular weight is 303 g/mol. The molecule has 1 N–H and O–H groups in total. The van der Waals surface area contributed by atoms with Crippen LogP contribution < -0.4 is 14.8 Å². The number of hydrogen-bond donors (Lipinski definition) is 1. The highest BCUT2D eigenvalue weighted by molar-refractivity contribution is 7.12. The van der Waals surface area contributed by atoms with Crippen molar-refractivity contribution in [1.82, 2.24) is 5.32 Å². The molecule has 1 unspecified atom stereocenters. The Morgan fingerprint density at radius 3 is 2.71 bits per heavy atom. The number of carbonyl (C=O) groups excluding carboxylic acids is 1. The van der Waals surface area contributed by atoms with E-state index in [1.165, 1.54) is 0 Å². The van der Waals surface area contributed by atoms with Crippen LogP contribution in [0, 0.1) is 13.8 Å². The third kappa shape index (κ3) is 2.74. The first-order chi connectivity index (χ1) is 10.0. The van der Waals surface area contributed by atoms with Gasteiger partial charge in [0.15, 0.2) is 11.5 Å². The molecule has 2 aromatic rings. The predicted octanol–water partition coefficient (Wildman–Crippen LogP) is 3.58. The third-order valence-electron chi connectivity index (χ3n) is 3.53. The van der Waals surface area contributed by atoms with E-state index >= 15 is 0 Å². The van der Waals surface area contributed by atoms with Crippen molar-refractivity contribution in [2.45, 2.75) is 26.8 Å². The van der Waals surface area contributed by atoms with Crippen LogP contribution in [0.1, 0.15) is 38.6 Å². The summed E-state index contributed by atoms with van der Waals surface area (Å²) in [6, 6.07) is 7.58. The number of aryl methyl sites for hydroxylation is 2. The highest BCUT2D eigenvalue weighted by atomic mass is 32.1. The van der Waals surface area contributed by atoms with Crippen LogP contribution in [0.3, 0.4) is 0 Å². The number of amides is 1. The lowest BCUT2D eigenvalue weighted by Gasteiger charge is -2.14. The summed E-state index contributed by atoms with van der Waals surface area (Å²) in [6.07, 6.45) is 0. The number of thiophene rings is 1. The van der Waals surface area contributed by atoms with Crippen molar-refractivity contribution < 1.29 is 14.3 Å². The fraction of sp³-hybridized carbons (Fsp3) is 0.312. The molecule has 110 valence electrons. The lowest BCUT2D eigenvalue weighted by molar-refractivity contribution is 0.0939. The van der Waals surface area contributed by atoms with E-state index in [-0.39, 0.29) is 18.7 Å². The Labute approximate surface area is 127 Å². The second-order valence-electron chi connectivity index (χ2n) is 5.13. The van der Waals surface area contributed by atoms with Crippen molar-refractivity contribution >= 4 is 17.2 Å². The quantitative estimate of drug-likeness (QED) is 0.942. The third-order valence-corrected chi connectivity index (χ3v) is 4.50. The highest BCUT2D eigenvalue weighted by Gasteiger charge is 2.18. The van der Waals surface area contributed by atoms with Crippen LogP contribution in [0.15, 0.2) is 24.3 Å². The number of benzene rings is 1. The second kappa shape index (κ2) is 5.41. The average Bonchev–Trinajstić information content (AvgIpc) is 3.03. The molecular formula is C16H17NO3S. The van der Waals surface area contributed by atoms with Crippen LogP contribution in [-0.2, 0) is 0 Å². The van der Waals surface area contributed by atoms with Crippen LogP contribution >= 0.6 is 11.3 Å². The van der Waals surface area contributed by atoms with Gasteiger partial charge in [0.25, 0.3) is 5.91 Å². The van der Waals surface area contributed by atoms with Gasteiger partial charge in [-0.1, -0.05) is 6.07 Å². The van der Waals surface area contributed by atoms with Gasteiger partial charge in [-0.15, -0.1) is 11.3 Å². The summed E-state index contributed by atoms with van der Waals surface area (Å²) in [5, 5.41) is 3.03. The van der Waals surface area contributed by atoms with Gasteiger partial charge < -0.3 is 14.8 Å². The molecule has 1 aliphatic heterocycles.